The van der Waals surface area contributed by atoms with Crippen molar-refractivity contribution >= 4 is 17.4 Å². The molecule has 0 bridgehead atoms. The summed E-state index contributed by atoms with van der Waals surface area (Å²) in [6.07, 6.45) is 4.06. The fraction of sp³-hybridized carbons (Fsp3) is 0.400. The summed E-state index contributed by atoms with van der Waals surface area (Å²) in [4.78, 5) is 5.45. The normalized spacial score (nSPS) is 10.3. The Labute approximate surface area is 154 Å². The summed E-state index contributed by atoms with van der Waals surface area (Å²) in [6, 6.07) is 13.8. The molecule has 4 nitrogen and oxygen atoms in total. The molecule has 0 aliphatic heterocycles. The van der Waals surface area contributed by atoms with Crippen LogP contribution in [-0.4, -0.2) is 13.2 Å². The molecular formula is C20H25N2O2S+. The molecule has 0 aliphatic carbocycles. The van der Waals surface area contributed by atoms with Gasteiger partial charge in [0.15, 0.2) is 4.98 Å². The first-order valence-electron chi connectivity index (χ1n) is 8.80. The topological polar surface area (TPSA) is 46.6 Å². The van der Waals surface area contributed by atoms with Gasteiger partial charge in [0, 0.05) is 11.0 Å². The molecule has 0 spiro atoms. The largest absolute Gasteiger partial charge is 0.492 e. The van der Waals surface area contributed by atoms with Gasteiger partial charge in [0.1, 0.15) is 5.75 Å². The minimum atomic E-state index is 0.403. The summed E-state index contributed by atoms with van der Waals surface area (Å²) >= 11 is 1.62. The fourth-order valence-electron chi connectivity index (χ4n) is 2.19. The highest BCUT2D eigenvalue weighted by Crippen LogP contribution is 2.42. The molecule has 0 radical (unpaired) electrons. The van der Waals surface area contributed by atoms with Crippen LogP contribution in [-0.2, 0) is 0 Å². The fourth-order valence-corrected chi connectivity index (χ4v) is 3.12. The van der Waals surface area contributed by atoms with E-state index in [1.54, 1.807) is 17.8 Å². The molecule has 0 aliphatic rings. The summed E-state index contributed by atoms with van der Waals surface area (Å²) in [6.45, 7) is 5.48. The lowest BCUT2D eigenvalue weighted by Crippen LogP contribution is -2.00. The molecule has 0 atom stereocenters. The molecule has 2 aromatic rings. The second-order valence-corrected chi connectivity index (χ2v) is 6.80. The predicted octanol–water partition coefficient (Wildman–Crippen LogP) is 6.68. The maximum absolute atomic E-state index is 9.33. The van der Waals surface area contributed by atoms with Crippen LogP contribution in [0.5, 0.6) is 11.5 Å². The zero-order chi connectivity index (χ0) is 17.9. The van der Waals surface area contributed by atoms with Gasteiger partial charge in [-0.25, -0.2) is 0 Å². The third-order valence-electron chi connectivity index (χ3n) is 3.61. The average Bonchev–Trinajstić information content (AvgIpc) is 2.64. The molecule has 0 unspecified atom stereocenters. The average molecular weight is 357 g/mol. The third-order valence-corrected chi connectivity index (χ3v) is 4.66. The van der Waals surface area contributed by atoms with Gasteiger partial charge in [-0.1, -0.05) is 56.7 Å². The lowest BCUT2D eigenvalue weighted by atomic mass is 10.2. The quantitative estimate of drug-likeness (QED) is 0.351. The molecule has 0 aromatic heterocycles. The van der Waals surface area contributed by atoms with Crippen molar-refractivity contribution in [1.82, 2.24) is 0 Å². The second-order valence-electron chi connectivity index (χ2n) is 5.69. The van der Waals surface area contributed by atoms with Crippen molar-refractivity contribution in [1.29, 1.82) is 5.39 Å². The van der Waals surface area contributed by atoms with Gasteiger partial charge >= 0.3 is 5.69 Å². The van der Waals surface area contributed by atoms with E-state index in [1.807, 2.05) is 24.3 Å². The monoisotopic (exact) mass is 357 g/mol. The zero-order valence-electron chi connectivity index (χ0n) is 14.9. The summed E-state index contributed by atoms with van der Waals surface area (Å²) in [7, 11) is 0. The Bertz CT molecular complexity index is 699. The number of hydrogen-bond acceptors (Lipinski definition) is 4. The van der Waals surface area contributed by atoms with Gasteiger partial charge in [-0.3, -0.25) is 0 Å². The van der Waals surface area contributed by atoms with Crippen molar-refractivity contribution in [2.45, 2.75) is 49.3 Å². The van der Waals surface area contributed by atoms with Gasteiger partial charge in [-0.2, -0.15) is 0 Å². The van der Waals surface area contributed by atoms with E-state index in [4.69, 9.17) is 9.47 Å². The Morgan fingerprint density at radius 1 is 0.920 bits per heavy atom. The van der Waals surface area contributed by atoms with E-state index in [-0.39, 0.29) is 0 Å². The number of unbranched alkanes of at least 4 members (excludes halogenated alkanes) is 2. The van der Waals surface area contributed by atoms with Crippen molar-refractivity contribution in [2.24, 2.45) is 0 Å². The zero-order valence-corrected chi connectivity index (χ0v) is 15.7. The molecular weight excluding hydrogens is 332 g/mol. The molecule has 2 rings (SSSR count). The molecule has 0 N–H and O–H groups in total. The number of benzene rings is 2. The minimum absolute atomic E-state index is 0.403. The highest BCUT2D eigenvalue weighted by Gasteiger charge is 2.21. The van der Waals surface area contributed by atoms with Gasteiger partial charge in [0.25, 0.3) is 0 Å². The highest BCUT2D eigenvalue weighted by molar-refractivity contribution is 7.99. The Morgan fingerprint density at radius 2 is 1.56 bits per heavy atom. The Hall–Kier alpha value is -2.19. The van der Waals surface area contributed by atoms with E-state index in [9.17, 15) is 5.39 Å². The SMILES string of the molecule is CCCCOc1cc(Sc2ccccc2)c(OCCCC)cc1[N+]#N. The third kappa shape index (κ3) is 5.99. The van der Waals surface area contributed by atoms with Crippen molar-refractivity contribution in [3.63, 3.8) is 0 Å². The number of nitrogens with zero attached hydrogens (tertiary/aromatic N) is 2. The van der Waals surface area contributed by atoms with Crippen LogP contribution < -0.4 is 9.47 Å². The first kappa shape index (κ1) is 19.1. The van der Waals surface area contributed by atoms with Gasteiger partial charge in [-0.05, 0) is 25.0 Å². The first-order chi connectivity index (χ1) is 12.3. The van der Waals surface area contributed by atoms with E-state index in [0.29, 0.717) is 24.7 Å². The van der Waals surface area contributed by atoms with Gasteiger partial charge in [0.05, 0.1) is 24.2 Å². The standard InChI is InChI=1S/C20H25N2O2S/c1-3-5-12-23-18-15-20(25-16-10-8-7-9-11-16)19(14-17(18)22-21)24-13-6-4-2/h7-11,14-15H,3-6,12-13H2,1-2H3/q+1. The Morgan fingerprint density at radius 3 is 2.16 bits per heavy atom. The van der Waals surface area contributed by atoms with Gasteiger partial charge in [-0.15, -0.1) is 0 Å². The summed E-state index contributed by atoms with van der Waals surface area (Å²) < 4.78 is 11.7. The molecule has 0 saturated carbocycles. The van der Waals surface area contributed by atoms with Crippen LogP contribution in [0.3, 0.4) is 0 Å². The van der Waals surface area contributed by atoms with Crippen LogP contribution in [0.1, 0.15) is 39.5 Å². The van der Waals surface area contributed by atoms with Crippen molar-refractivity contribution < 1.29 is 9.47 Å². The smallest absolute Gasteiger partial charge is 0.430 e. The molecule has 132 valence electrons. The predicted molar refractivity (Wildman–Crippen MR) is 103 cm³/mol. The van der Waals surface area contributed by atoms with Crippen LogP contribution in [0.15, 0.2) is 52.3 Å². The molecule has 5 heteroatoms. The highest BCUT2D eigenvalue weighted by atomic mass is 32.2. The lowest BCUT2D eigenvalue weighted by Gasteiger charge is -2.12. The van der Waals surface area contributed by atoms with E-state index in [1.165, 1.54) is 0 Å². The summed E-state index contributed by atoms with van der Waals surface area (Å²) in [5.41, 5.74) is 0.403. The Balaban J connectivity index is 2.29. The van der Waals surface area contributed by atoms with Crippen molar-refractivity contribution in [3.8, 4) is 11.5 Å². The summed E-state index contributed by atoms with van der Waals surface area (Å²) in [5, 5.41) is 9.33. The maximum atomic E-state index is 9.33. The molecule has 0 saturated heterocycles. The van der Waals surface area contributed by atoms with Gasteiger partial charge in [0.2, 0.25) is 11.1 Å². The first-order valence-corrected chi connectivity index (χ1v) is 9.61. The van der Waals surface area contributed by atoms with Crippen LogP contribution in [0, 0.1) is 5.39 Å². The van der Waals surface area contributed by atoms with E-state index in [2.05, 4.69) is 31.0 Å². The maximum Gasteiger partial charge on any atom is 0.430 e. The van der Waals surface area contributed by atoms with Crippen molar-refractivity contribution in [3.05, 3.63) is 47.4 Å². The number of rotatable bonds is 10. The van der Waals surface area contributed by atoms with Crippen LogP contribution in [0.25, 0.3) is 4.98 Å². The van der Waals surface area contributed by atoms with Crippen LogP contribution in [0.2, 0.25) is 0 Å². The van der Waals surface area contributed by atoms with Crippen molar-refractivity contribution in [2.75, 3.05) is 13.2 Å². The molecule has 0 heterocycles. The molecule has 0 fully saturated rings. The van der Waals surface area contributed by atoms with Crippen LogP contribution in [0.4, 0.5) is 5.69 Å². The number of diazo groups is 1. The minimum Gasteiger partial charge on any atom is -0.492 e. The van der Waals surface area contributed by atoms with E-state index >= 15 is 0 Å². The molecule has 0 amide bonds. The number of ether oxygens (including phenoxy) is 2. The lowest BCUT2D eigenvalue weighted by molar-refractivity contribution is 0.296. The molecule has 2 aromatic carbocycles. The second kappa shape index (κ2) is 10.6. The summed E-state index contributed by atoms with van der Waals surface area (Å²) in [5.74, 6) is 1.30. The Kier molecular flexibility index (Phi) is 8.14. The number of hydrogen-bond donors (Lipinski definition) is 0. The van der Waals surface area contributed by atoms with E-state index in [0.717, 1.165) is 41.2 Å². The van der Waals surface area contributed by atoms with Gasteiger partial charge < -0.3 is 9.47 Å². The van der Waals surface area contributed by atoms with E-state index < -0.39 is 0 Å². The van der Waals surface area contributed by atoms with Crippen LogP contribution >= 0.6 is 11.8 Å². The molecule has 25 heavy (non-hydrogen) atoms.